The van der Waals surface area contributed by atoms with Crippen molar-refractivity contribution in [3.63, 3.8) is 0 Å². The van der Waals surface area contributed by atoms with Gasteiger partial charge in [-0.1, -0.05) is 0 Å². The number of pyridine rings is 4. The Bertz CT molecular complexity index is 954. The van der Waals surface area contributed by atoms with Gasteiger partial charge >= 0.3 is 0 Å². The van der Waals surface area contributed by atoms with Crippen LogP contribution in [0.25, 0.3) is 22.3 Å². The number of hydrogen-bond donors (Lipinski definition) is 0. The summed E-state index contributed by atoms with van der Waals surface area (Å²) < 4.78 is 7.87. The molecule has 1 radical (unpaired) electrons. The minimum atomic E-state index is 0. The third-order valence-corrected chi connectivity index (χ3v) is 4.96. The van der Waals surface area contributed by atoms with Crippen LogP contribution in [0.1, 0.15) is 13.8 Å². The molecule has 0 aliphatic heterocycles. The molecule has 0 amide bonds. The van der Waals surface area contributed by atoms with Gasteiger partial charge in [-0.15, -0.1) is 0 Å². The van der Waals surface area contributed by atoms with Crippen LogP contribution in [0.3, 0.4) is 0 Å². The van der Waals surface area contributed by atoms with Crippen molar-refractivity contribution in [1.82, 2.24) is 0 Å². The molecule has 0 aliphatic rings. The van der Waals surface area contributed by atoms with Gasteiger partial charge in [0.2, 0.25) is 0 Å². The summed E-state index contributed by atoms with van der Waals surface area (Å²) in [7, 11) is 7.59. The zero-order valence-corrected chi connectivity index (χ0v) is 21.3. The summed E-state index contributed by atoms with van der Waals surface area (Å²) in [4.78, 5) is 0. The summed E-state index contributed by atoms with van der Waals surface area (Å²) in [6, 6.07) is 16.8. The van der Waals surface area contributed by atoms with Gasteiger partial charge in [0, 0.05) is 71.1 Å². The summed E-state index contributed by atoms with van der Waals surface area (Å²) in [6.45, 7) is 6.28. The summed E-state index contributed by atoms with van der Waals surface area (Å²) >= 11 is 0. The molecule has 0 unspecified atom stereocenters. The molecule has 0 aromatic carbocycles. The minimum absolute atomic E-state index is 0. The molecule has 0 aliphatic carbocycles. The van der Waals surface area contributed by atoms with Crippen LogP contribution >= 0.6 is 0 Å². The number of nitrogens with zero attached hydrogens (tertiary/aromatic N) is 4. The summed E-state index contributed by atoms with van der Waals surface area (Å²) in [5, 5.41) is 0. The number of aromatic nitrogens is 4. The third kappa shape index (κ3) is 7.27. The normalized spacial score (nSPS) is 9.87. The van der Waals surface area contributed by atoms with E-state index < -0.39 is 0 Å². The van der Waals surface area contributed by atoms with Gasteiger partial charge in [0.25, 0.3) is 0 Å². The summed E-state index contributed by atoms with van der Waals surface area (Å²) in [6.07, 6.45) is 16.2. The second-order valence-corrected chi connectivity index (χ2v) is 7.04. The zero-order valence-electron chi connectivity index (χ0n) is 18.4. The Kier molecular flexibility index (Phi) is 9.83. The maximum absolute atomic E-state index is 3.80. The fourth-order valence-corrected chi connectivity index (χ4v) is 3.02. The van der Waals surface area contributed by atoms with Crippen molar-refractivity contribution in [1.29, 1.82) is 0 Å². The number of hydrogen-bond acceptors (Lipinski definition) is 0. The standard InChI is InChI=1S/2C13H15N2.Y/c2*1-3-15-10-6-13(7-11-15)12-4-8-14(2)9-5-12;/h2*4-11H,2-3H2,1H3;/q2*+1;. The Morgan fingerprint density at radius 2 is 0.710 bits per heavy atom. The SMILES string of the molecule is [CH2-][n+]1ccc(-c2cc[n+](CC)cc2)cc1.[CH2-][n+]1ccc(-c2cc[n+](CC)cc2)cc1.[Y]. The van der Waals surface area contributed by atoms with E-state index in [0.29, 0.717) is 0 Å². The molecule has 4 heterocycles. The molecule has 0 bridgehead atoms. The van der Waals surface area contributed by atoms with E-state index in [2.05, 4.69) is 110 Å². The molecule has 4 aromatic heterocycles. The molecule has 5 heteroatoms. The quantitative estimate of drug-likeness (QED) is 0.311. The Morgan fingerprint density at radius 3 is 0.935 bits per heavy atom. The Morgan fingerprint density at radius 1 is 0.484 bits per heavy atom. The molecule has 4 rings (SSSR count). The van der Waals surface area contributed by atoms with Crippen LogP contribution in [0.5, 0.6) is 0 Å². The van der Waals surface area contributed by atoms with Crippen molar-refractivity contribution in [3.05, 3.63) is 112 Å². The Hall–Kier alpha value is -2.56. The van der Waals surface area contributed by atoms with Crippen LogP contribution in [0, 0.1) is 14.1 Å². The van der Waals surface area contributed by atoms with Crippen LogP contribution in [0.15, 0.2) is 98.1 Å². The van der Waals surface area contributed by atoms with Crippen LogP contribution in [0.4, 0.5) is 0 Å². The predicted octanol–water partition coefficient (Wildman–Crippen LogP) is 3.17. The van der Waals surface area contributed by atoms with Gasteiger partial charge in [0.05, 0.1) is 24.8 Å². The first-order chi connectivity index (χ1) is 14.6. The molecule has 0 fully saturated rings. The smallest absolute Gasteiger partial charge is 0.169 e. The van der Waals surface area contributed by atoms with Crippen LogP contribution in [0.2, 0.25) is 0 Å². The first-order valence-electron chi connectivity index (χ1n) is 10.2. The van der Waals surface area contributed by atoms with Crippen molar-refractivity contribution in [2.45, 2.75) is 26.9 Å². The molecule has 0 saturated carbocycles. The van der Waals surface area contributed by atoms with Crippen LogP contribution in [-0.2, 0) is 45.8 Å². The van der Waals surface area contributed by atoms with E-state index in [1.807, 2.05) is 24.8 Å². The molecule has 0 spiro atoms. The maximum atomic E-state index is 3.80. The molecular formula is C26H30N4Y+2. The zero-order chi connectivity index (χ0) is 21.3. The van der Waals surface area contributed by atoms with Crippen LogP contribution < -0.4 is 18.3 Å². The largest absolute Gasteiger partial charge is 0.339 e. The van der Waals surface area contributed by atoms with E-state index in [4.69, 9.17) is 0 Å². The molecular weight excluding hydrogens is 457 g/mol. The average Bonchev–Trinajstić information content (AvgIpc) is 2.81. The molecule has 4 nitrogen and oxygen atoms in total. The van der Waals surface area contributed by atoms with Gasteiger partial charge in [-0.25, -0.2) is 9.13 Å². The van der Waals surface area contributed by atoms with E-state index in [1.54, 1.807) is 9.13 Å². The second-order valence-electron chi connectivity index (χ2n) is 7.04. The van der Waals surface area contributed by atoms with E-state index in [-0.39, 0.29) is 32.7 Å². The molecule has 31 heavy (non-hydrogen) atoms. The molecule has 0 atom stereocenters. The van der Waals surface area contributed by atoms with Gasteiger partial charge < -0.3 is 9.13 Å². The van der Waals surface area contributed by atoms with Crippen molar-refractivity contribution >= 4 is 0 Å². The van der Waals surface area contributed by atoms with Gasteiger partial charge in [-0.3, -0.25) is 0 Å². The average molecular weight is 487 g/mol. The molecule has 4 aromatic rings. The number of rotatable bonds is 4. The van der Waals surface area contributed by atoms with Gasteiger partial charge in [-0.2, -0.15) is 0 Å². The fourth-order valence-electron chi connectivity index (χ4n) is 3.02. The Labute approximate surface area is 211 Å². The van der Waals surface area contributed by atoms with Gasteiger partial charge in [0.1, 0.15) is 13.1 Å². The third-order valence-electron chi connectivity index (χ3n) is 4.96. The first-order valence-corrected chi connectivity index (χ1v) is 10.2. The van der Waals surface area contributed by atoms with Crippen molar-refractivity contribution in [3.8, 4) is 22.3 Å². The maximum Gasteiger partial charge on any atom is 0.169 e. The predicted molar refractivity (Wildman–Crippen MR) is 117 cm³/mol. The van der Waals surface area contributed by atoms with Gasteiger partial charge in [-0.05, 0) is 60.4 Å². The molecule has 0 N–H and O–H groups in total. The molecule has 155 valence electrons. The molecule has 0 saturated heterocycles. The fraction of sp³-hybridized carbons (Fsp3) is 0.154. The van der Waals surface area contributed by atoms with Crippen LogP contribution in [-0.4, -0.2) is 0 Å². The first kappa shape index (κ1) is 24.7. The van der Waals surface area contributed by atoms with E-state index >= 15 is 0 Å². The van der Waals surface area contributed by atoms with Crippen molar-refractivity contribution < 1.29 is 51.0 Å². The van der Waals surface area contributed by atoms with Gasteiger partial charge in [0.15, 0.2) is 24.8 Å². The van der Waals surface area contributed by atoms with E-state index in [1.165, 1.54) is 22.3 Å². The number of aryl methyl sites for hydroxylation is 2. The monoisotopic (exact) mass is 487 g/mol. The summed E-state index contributed by atoms with van der Waals surface area (Å²) in [5.74, 6) is 0. The summed E-state index contributed by atoms with van der Waals surface area (Å²) in [5.41, 5.74) is 4.91. The second kappa shape index (κ2) is 12.3. The van der Waals surface area contributed by atoms with Crippen molar-refractivity contribution in [2.75, 3.05) is 0 Å². The van der Waals surface area contributed by atoms with Crippen molar-refractivity contribution in [2.24, 2.45) is 0 Å². The Balaban J connectivity index is 0.000000213. The minimum Gasteiger partial charge on any atom is -0.339 e. The topological polar surface area (TPSA) is 15.5 Å². The van der Waals surface area contributed by atoms with E-state index in [9.17, 15) is 0 Å². The van der Waals surface area contributed by atoms with E-state index in [0.717, 1.165) is 13.1 Å².